The number of carbonyl (C=O) groups is 5. The average molecular weight is 698 g/mol. The number of imide groups is 1. The lowest BCUT2D eigenvalue weighted by atomic mass is 9.44. The lowest BCUT2D eigenvalue weighted by Gasteiger charge is -2.55. The number of Topliss-reactive ketones (excluding diaryl/α,β-unsaturated/α-hetero) is 2. The van der Waals surface area contributed by atoms with Crippen molar-refractivity contribution >= 4 is 51.2 Å². The van der Waals surface area contributed by atoms with E-state index in [1.807, 2.05) is 103 Å². The van der Waals surface area contributed by atoms with E-state index in [-0.39, 0.29) is 47.8 Å². The summed E-state index contributed by atoms with van der Waals surface area (Å²) in [4.78, 5) is 72.5. The minimum Gasteiger partial charge on any atom is -0.507 e. The maximum Gasteiger partial charge on any atom is 0.238 e. The molecule has 1 heterocycles. The fourth-order valence-electron chi connectivity index (χ4n) is 9.82. The van der Waals surface area contributed by atoms with Crippen LogP contribution in [0.15, 0.2) is 139 Å². The van der Waals surface area contributed by atoms with Crippen molar-refractivity contribution in [3.63, 3.8) is 0 Å². The summed E-state index contributed by atoms with van der Waals surface area (Å²) in [5, 5.41) is 13.6. The number of allylic oxidation sites excluding steroid dienone is 4. The Kier molecular flexibility index (Phi) is 7.52. The molecule has 3 aliphatic carbocycles. The van der Waals surface area contributed by atoms with Crippen molar-refractivity contribution in [1.82, 2.24) is 0 Å². The van der Waals surface area contributed by atoms with Gasteiger partial charge in [0.1, 0.15) is 5.75 Å². The molecule has 0 spiro atoms. The van der Waals surface area contributed by atoms with Crippen LogP contribution >= 0.6 is 0 Å². The topological polar surface area (TPSA) is 109 Å². The number of amides is 2. The average Bonchev–Trinajstić information content (AvgIpc) is 3.45. The number of fused-ring (bicyclic) bond motifs is 5. The van der Waals surface area contributed by atoms with E-state index in [0.29, 0.717) is 38.9 Å². The predicted molar refractivity (Wildman–Crippen MR) is 201 cm³/mol. The van der Waals surface area contributed by atoms with E-state index < -0.39 is 35.0 Å². The third-order valence-electron chi connectivity index (χ3n) is 12.1. The summed E-state index contributed by atoms with van der Waals surface area (Å²) in [5.41, 5.74) is 2.30. The molecule has 53 heavy (non-hydrogen) atoms. The van der Waals surface area contributed by atoms with Crippen LogP contribution in [0.1, 0.15) is 52.7 Å². The zero-order valence-corrected chi connectivity index (χ0v) is 28.9. The highest BCUT2D eigenvalue weighted by atomic mass is 16.3. The summed E-state index contributed by atoms with van der Waals surface area (Å²) in [6, 6.07) is 36.2. The molecule has 1 N–H and O–H groups in total. The molecule has 4 aliphatic rings. The second-order valence-corrected chi connectivity index (χ2v) is 14.6. The van der Waals surface area contributed by atoms with Crippen molar-refractivity contribution in [2.24, 2.45) is 23.7 Å². The van der Waals surface area contributed by atoms with Gasteiger partial charge in [-0.2, -0.15) is 0 Å². The smallest absolute Gasteiger partial charge is 0.238 e. The zero-order valence-electron chi connectivity index (χ0n) is 28.9. The number of ketones is 3. The van der Waals surface area contributed by atoms with Crippen LogP contribution in [0.3, 0.4) is 0 Å². The summed E-state index contributed by atoms with van der Waals surface area (Å²) in [6.45, 7) is 1.46. The first-order chi connectivity index (χ1) is 25.7. The van der Waals surface area contributed by atoms with Gasteiger partial charge in [0.05, 0.1) is 22.9 Å². The van der Waals surface area contributed by atoms with Gasteiger partial charge < -0.3 is 5.11 Å². The van der Waals surface area contributed by atoms with Crippen LogP contribution < -0.4 is 4.90 Å². The molecule has 0 bridgehead atoms. The van der Waals surface area contributed by atoms with Crippen LogP contribution in [0, 0.1) is 23.7 Å². The molecule has 0 unspecified atom stereocenters. The molecule has 1 aliphatic heterocycles. The molecule has 6 atom stereocenters. The van der Waals surface area contributed by atoms with Gasteiger partial charge in [0.15, 0.2) is 17.3 Å². The van der Waals surface area contributed by atoms with Crippen LogP contribution in [-0.4, -0.2) is 34.3 Å². The second-order valence-electron chi connectivity index (χ2n) is 14.6. The van der Waals surface area contributed by atoms with Crippen molar-refractivity contribution in [2.75, 3.05) is 4.90 Å². The SMILES string of the molecule is CC(=O)c1ccc(N2C(=O)[C@H]3[C@H](CC=C4[C@H]3C[C@H]3C(=O)C(c5ccccc5)=CC(=O)[C@@]3(c3ccccc3)[C@H]4c3ccc4ccccc4c3O)C2=O)cc1. The summed E-state index contributed by atoms with van der Waals surface area (Å²) < 4.78 is 0. The van der Waals surface area contributed by atoms with Crippen LogP contribution in [0.4, 0.5) is 5.69 Å². The summed E-state index contributed by atoms with van der Waals surface area (Å²) in [6.07, 6.45) is 3.90. The molecule has 5 aromatic rings. The van der Waals surface area contributed by atoms with Crippen molar-refractivity contribution < 1.29 is 29.1 Å². The van der Waals surface area contributed by atoms with E-state index in [0.717, 1.165) is 11.0 Å². The number of phenolic OH excluding ortho intramolecular Hbond substituents is 1. The lowest BCUT2D eigenvalue weighted by molar-refractivity contribution is -0.135. The van der Waals surface area contributed by atoms with Gasteiger partial charge in [-0.15, -0.1) is 0 Å². The Morgan fingerprint density at radius 3 is 2.15 bits per heavy atom. The number of hydrogen-bond acceptors (Lipinski definition) is 6. The van der Waals surface area contributed by atoms with Gasteiger partial charge in [0.2, 0.25) is 11.8 Å². The van der Waals surface area contributed by atoms with Gasteiger partial charge in [-0.05, 0) is 72.5 Å². The predicted octanol–water partition coefficient (Wildman–Crippen LogP) is 7.78. The zero-order chi connectivity index (χ0) is 36.6. The summed E-state index contributed by atoms with van der Waals surface area (Å²) in [5.74, 6) is -5.02. The highest BCUT2D eigenvalue weighted by molar-refractivity contribution is 6.32. The van der Waals surface area contributed by atoms with Gasteiger partial charge in [-0.1, -0.05) is 109 Å². The van der Waals surface area contributed by atoms with Gasteiger partial charge in [0.25, 0.3) is 0 Å². The molecule has 1 saturated carbocycles. The Morgan fingerprint density at radius 2 is 1.43 bits per heavy atom. The molecule has 5 aromatic carbocycles. The van der Waals surface area contributed by atoms with Gasteiger partial charge >= 0.3 is 0 Å². The van der Waals surface area contributed by atoms with E-state index in [1.54, 1.807) is 24.3 Å². The molecular formula is C46H35NO6. The van der Waals surface area contributed by atoms with Crippen molar-refractivity contribution in [3.05, 3.63) is 161 Å². The van der Waals surface area contributed by atoms with E-state index >= 15 is 9.59 Å². The van der Waals surface area contributed by atoms with Crippen LogP contribution in [-0.2, 0) is 24.6 Å². The fraction of sp³-hybridized carbons (Fsp3) is 0.196. The number of phenols is 1. The Morgan fingerprint density at radius 1 is 0.755 bits per heavy atom. The largest absolute Gasteiger partial charge is 0.507 e. The van der Waals surface area contributed by atoms with Crippen molar-refractivity contribution in [1.29, 1.82) is 0 Å². The highest BCUT2D eigenvalue weighted by Crippen LogP contribution is 2.64. The third-order valence-corrected chi connectivity index (χ3v) is 12.1. The first-order valence-corrected chi connectivity index (χ1v) is 18.0. The Hall–Kier alpha value is -6.21. The molecular weight excluding hydrogens is 663 g/mol. The van der Waals surface area contributed by atoms with Gasteiger partial charge in [-0.25, -0.2) is 0 Å². The first kappa shape index (κ1) is 32.7. The van der Waals surface area contributed by atoms with Crippen molar-refractivity contribution in [2.45, 2.75) is 31.1 Å². The number of anilines is 1. The maximum atomic E-state index is 15.3. The monoisotopic (exact) mass is 697 g/mol. The van der Waals surface area contributed by atoms with E-state index in [2.05, 4.69) is 0 Å². The summed E-state index contributed by atoms with van der Waals surface area (Å²) in [7, 11) is 0. The minimum absolute atomic E-state index is 0.0185. The van der Waals surface area contributed by atoms with Gasteiger partial charge in [0, 0.05) is 33.9 Å². The summed E-state index contributed by atoms with van der Waals surface area (Å²) >= 11 is 0. The van der Waals surface area contributed by atoms with Crippen LogP contribution in [0.25, 0.3) is 16.3 Å². The number of benzene rings is 5. The fourth-order valence-corrected chi connectivity index (χ4v) is 9.82. The first-order valence-electron chi connectivity index (χ1n) is 18.0. The molecule has 2 fully saturated rings. The number of nitrogens with zero attached hydrogens (tertiary/aromatic N) is 1. The number of rotatable bonds is 5. The number of hydrogen-bond donors (Lipinski definition) is 1. The second kappa shape index (κ2) is 12.2. The van der Waals surface area contributed by atoms with Crippen LogP contribution in [0.5, 0.6) is 5.75 Å². The maximum absolute atomic E-state index is 15.3. The molecule has 260 valence electrons. The van der Waals surface area contributed by atoms with E-state index in [4.69, 9.17) is 0 Å². The van der Waals surface area contributed by atoms with Crippen molar-refractivity contribution in [3.8, 4) is 5.75 Å². The Balaban J connectivity index is 1.27. The van der Waals surface area contributed by atoms with E-state index in [9.17, 15) is 19.5 Å². The highest BCUT2D eigenvalue weighted by Gasteiger charge is 2.66. The number of aromatic hydroxyl groups is 1. The molecule has 9 rings (SSSR count). The minimum atomic E-state index is -1.44. The molecule has 7 heteroatoms. The van der Waals surface area contributed by atoms with Crippen LogP contribution in [0.2, 0.25) is 0 Å². The number of carbonyl (C=O) groups excluding carboxylic acids is 5. The van der Waals surface area contributed by atoms with E-state index in [1.165, 1.54) is 17.9 Å². The molecule has 7 nitrogen and oxygen atoms in total. The molecule has 0 aromatic heterocycles. The molecule has 1 saturated heterocycles. The standard InChI is InChI=1S/C46H35NO6/c1-26(48)27-16-19-31(20-17-27)47-44(52)34-23-22-33-37(40(34)45(47)53)24-38-43(51)36(28-10-4-2-5-11-28)25-39(49)46(38,30-13-6-3-7-14-30)41(33)35-21-18-29-12-8-9-15-32(29)42(35)50/h2-22,25,34,37-38,40-41,50H,23-24H2,1H3/t34-,37+,38-,40-,41+,46-/m0/s1. The Labute approximate surface area is 306 Å². The quantitative estimate of drug-likeness (QED) is 0.114. The third kappa shape index (κ3) is 4.69. The molecule has 0 radical (unpaired) electrons. The lowest BCUT2D eigenvalue weighted by Crippen LogP contribution is -2.58. The molecule has 2 amide bonds. The normalized spacial score (nSPS) is 26.4. The van der Waals surface area contributed by atoms with Gasteiger partial charge in [-0.3, -0.25) is 28.9 Å². The Bertz CT molecular complexity index is 2450.